The van der Waals surface area contributed by atoms with Gasteiger partial charge in [0.1, 0.15) is 0 Å². The Kier molecular flexibility index (Phi) is 5.11. The minimum Gasteiger partial charge on any atom is -0.342 e. The lowest BCUT2D eigenvalue weighted by atomic mass is 9.94. The van der Waals surface area contributed by atoms with Crippen molar-refractivity contribution in [2.24, 2.45) is 5.92 Å². The molecule has 2 fully saturated rings. The van der Waals surface area contributed by atoms with Crippen molar-refractivity contribution in [3.05, 3.63) is 29.3 Å². The number of likely N-dealkylation sites (tertiary alicyclic amines) is 1. The largest absolute Gasteiger partial charge is 0.342 e. The Morgan fingerprint density at radius 2 is 1.88 bits per heavy atom. The zero-order valence-electron chi connectivity index (χ0n) is 14.7. The van der Waals surface area contributed by atoms with Crippen LogP contribution in [0.15, 0.2) is 28.8 Å². The molecule has 0 saturated carbocycles. The maximum Gasteiger partial charge on any atom is 0.324 e. The number of amides is 1. The van der Waals surface area contributed by atoms with Gasteiger partial charge in [-0.25, -0.2) is 0 Å². The molecule has 1 aromatic carbocycles. The average Bonchev–Trinajstić information content (AvgIpc) is 3.18. The minimum atomic E-state index is 0.125. The fourth-order valence-electron chi connectivity index (χ4n) is 3.78. The summed E-state index contributed by atoms with van der Waals surface area (Å²) in [6.45, 7) is 3.38. The van der Waals surface area contributed by atoms with Crippen molar-refractivity contribution in [3.63, 3.8) is 0 Å². The summed E-state index contributed by atoms with van der Waals surface area (Å²) in [5, 5.41) is 4.71. The summed E-state index contributed by atoms with van der Waals surface area (Å²) in [5.41, 5.74) is 0.836. The minimum absolute atomic E-state index is 0.125. The van der Waals surface area contributed by atoms with E-state index in [0.717, 1.165) is 57.4 Å². The van der Waals surface area contributed by atoms with E-state index in [2.05, 4.69) is 15.0 Å². The first-order valence-electron chi connectivity index (χ1n) is 9.34. The third-order valence-electron chi connectivity index (χ3n) is 5.28. The lowest BCUT2D eigenvalue weighted by Crippen LogP contribution is -2.44. The summed E-state index contributed by atoms with van der Waals surface area (Å²) in [7, 11) is 0. The number of nitrogens with zero attached hydrogens (tertiary/aromatic N) is 4. The molecule has 0 spiro atoms. The van der Waals surface area contributed by atoms with Crippen molar-refractivity contribution < 1.29 is 9.32 Å². The van der Waals surface area contributed by atoms with Gasteiger partial charge in [-0.2, -0.15) is 4.98 Å². The van der Waals surface area contributed by atoms with Crippen LogP contribution >= 0.6 is 11.6 Å². The molecule has 0 aliphatic carbocycles. The van der Waals surface area contributed by atoms with Gasteiger partial charge in [0, 0.05) is 42.7 Å². The maximum atomic E-state index is 12.7. The molecule has 0 bridgehead atoms. The predicted octanol–water partition coefficient (Wildman–Crippen LogP) is 3.62. The number of rotatable bonds is 3. The molecule has 26 heavy (non-hydrogen) atoms. The zero-order chi connectivity index (χ0) is 17.9. The molecular formula is C19H23ClN4O2. The molecule has 138 valence electrons. The van der Waals surface area contributed by atoms with Crippen LogP contribution in [0.2, 0.25) is 5.02 Å². The van der Waals surface area contributed by atoms with E-state index in [4.69, 9.17) is 16.1 Å². The van der Waals surface area contributed by atoms with Crippen LogP contribution < -0.4 is 4.90 Å². The summed E-state index contributed by atoms with van der Waals surface area (Å²) in [6.07, 6.45) is 5.19. The number of aromatic nitrogens is 2. The van der Waals surface area contributed by atoms with E-state index in [1.54, 1.807) is 0 Å². The van der Waals surface area contributed by atoms with Crippen molar-refractivity contribution >= 4 is 23.5 Å². The molecule has 0 unspecified atom stereocenters. The van der Waals surface area contributed by atoms with Gasteiger partial charge in [0.25, 0.3) is 0 Å². The second kappa shape index (κ2) is 7.66. The van der Waals surface area contributed by atoms with Crippen molar-refractivity contribution in [1.82, 2.24) is 15.0 Å². The maximum absolute atomic E-state index is 12.7. The van der Waals surface area contributed by atoms with Crippen molar-refractivity contribution in [1.29, 1.82) is 0 Å². The first kappa shape index (κ1) is 17.3. The van der Waals surface area contributed by atoms with Gasteiger partial charge in [0.05, 0.1) is 0 Å². The standard InChI is InChI=1S/C19H23ClN4O2/c20-16-6-4-5-15(13-16)17-21-19(26-22-17)24-11-7-14(8-12-24)18(25)23-9-2-1-3-10-23/h4-6,13-14H,1-3,7-12H2. The van der Waals surface area contributed by atoms with Crippen LogP contribution in [0, 0.1) is 5.92 Å². The van der Waals surface area contributed by atoms with Crippen molar-refractivity contribution in [3.8, 4) is 11.4 Å². The van der Waals surface area contributed by atoms with E-state index < -0.39 is 0 Å². The predicted molar refractivity (Wildman–Crippen MR) is 100 cm³/mol. The van der Waals surface area contributed by atoms with E-state index in [9.17, 15) is 4.79 Å². The van der Waals surface area contributed by atoms with Gasteiger partial charge in [-0.15, -0.1) is 0 Å². The summed E-state index contributed by atoms with van der Waals surface area (Å²) >= 11 is 6.03. The van der Waals surface area contributed by atoms with E-state index in [-0.39, 0.29) is 5.92 Å². The summed E-state index contributed by atoms with van der Waals surface area (Å²) in [6, 6.07) is 7.93. The van der Waals surface area contributed by atoms with Gasteiger partial charge in [0.15, 0.2) is 0 Å². The number of benzene rings is 1. The Labute approximate surface area is 158 Å². The third kappa shape index (κ3) is 3.70. The molecule has 7 heteroatoms. The summed E-state index contributed by atoms with van der Waals surface area (Å²) in [5.74, 6) is 0.989. The van der Waals surface area contributed by atoms with Crippen LogP contribution in [0.25, 0.3) is 11.4 Å². The molecule has 2 aliphatic rings. The third-order valence-corrected chi connectivity index (χ3v) is 5.52. The highest BCUT2D eigenvalue weighted by molar-refractivity contribution is 6.30. The normalized spacial score (nSPS) is 19.0. The Bertz CT molecular complexity index is 764. The number of halogens is 1. The van der Waals surface area contributed by atoms with E-state index >= 15 is 0 Å². The van der Waals surface area contributed by atoms with Crippen molar-refractivity contribution in [2.75, 3.05) is 31.1 Å². The first-order chi connectivity index (χ1) is 12.7. The number of carbonyl (C=O) groups excluding carboxylic acids is 1. The molecule has 0 radical (unpaired) electrons. The molecule has 4 rings (SSSR count). The molecule has 1 aromatic heterocycles. The van der Waals surface area contributed by atoms with Crippen LogP contribution in [-0.4, -0.2) is 47.1 Å². The lowest BCUT2D eigenvalue weighted by Gasteiger charge is -2.34. The van der Waals surface area contributed by atoms with E-state index in [0.29, 0.717) is 22.8 Å². The quantitative estimate of drug-likeness (QED) is 0.821. The van der Waals surface area contributed by atoms with E-state index in [1.807, 2.05) is 29.2 Å². The number of anilines is 1. The highest BCUT2D eigenvalue weighted by Crippen LogP contribution is 2.27. The molecule has 2 aromatic rings. The fraction of sp³-hybridized carbons (Fsp3) is 0.526. The highest BCUT2D eigenvalue weighted by atomic mass is 35.5. The number of hydrogen-bond donors (Lipinski definition) is 0. The van der Waals surface area contributed by atoms with Crippen LogP contribution in [0.1, 0.15) is 32.1 Å². The Morgan fingerprint density at radius 3 is 2.62 bits per heavy atom. The molecule has 1 amide bonds. The van der Waals surface area contributed by atoms with Gasteiger partial charge in [-0.1, -0.05) is 28.9 Å². The highest BCUT2D eigenvalue weighted by Gasteiger charge is 2.30. The lowest BCUT2D eigenvalue weighted by molar-refractivity contribution is -0.137. The van der Waals surface area contributed by atoms with Gasteiger partial charge >= 0.3 is 6.01 Å². The van der Waals surface area contributed by atoms with Crippen LogP contribution in [0.4, 0.5) is 6.01 Å². The number of hydrogen-bond acceptors (Lipinski definition) is 5. The Hall–Kier alpha value is -2.08. The van der Waals surface area contributed by atoms with E-state index in [1.165, 1.54) is 6.42 Å². The zero-order valence-corrected chi connectivity index (χ0v) is 15.5. The smallest absolute Gasteiger partial charge is 0.324 e. The van der Waals surface area contributed by atoms with Crippen LogP contribution in [0.3, 0.4) is 0 Å². The fourth-order valence-corrected chi connectivity index (χ4v) is 3.97. The van der Waals surface area contributed by atoms with Gasteiger partial charge < -0.3 is 14.3 Å². The molecule has 2 aliphatic heterocycles. The summed E-state index contributed by atoms with van der Waals surface area (Å²) < 4.78 is 5.44. The molecule has 0 atom stereocenters. The Morgan fingerprint density at radius 1 is 1.12 bits per heavy atom. The molecule has 0 N–H and O–H groups in total. The topological polar surface area (TPSA) is 62.5 Å². The second-order valence-electron chi connectivity index (χ2n) is 7.06. The first-order valence-corrected chi connectivity index (χ1v) is 9.72. The molecule has 2 saturated heterocycles. The summed E-state index contributed by atoms with van der Waals surface area (Å²) in [4.78, 5) is 21.3. The van der Waals surface area contributed by atoms with Crippen molar-refractivity contribution in [2.45, 2.75) is 32.1 Å². The Balaban J connectivity index is 1.37. The van der Waals surface area contributed by atoms with Gasteiger partial charge in [-0.05, 0) is 44.2 Å². The van der Waals surface area contributed by atoms with Crippen LogP contribution in [-0.2, 0) is 4.79 Å². The average molecular weight is 375 g/mol. The molecular weight excluding hydrogens is 352 g/mol. The SMILES string of the molecule is O=C(C1CCN(c2nc(-c3cccc(Cl)c3)no2)CC1)N1CCCCC1. The van der Waals surface area contributed by atoms with Crippen LogP contribution in [0.5, 0.6) is 0 Å². The molecule has 3 heterocycles. The monoisotopic (exact) mass is 374 g/mol. The van der Waals surface area contributed by atoms with Gasteiger partial charge in [-0.3, -0.25) is 4.79 Å². The van der Waals surface area contributed by atoms with Gasteiger partial charge in [0.2, 0.25) is 11.7 Å². The number of piperidine rings is 2. The molecule has 6 nitrogen and oxygen atoms in total. The second-order valence-corrected chi connectivity index (χ2v) is 7.49. The number of carbonyl (C=O) groups is 1.